The number of hydrogen-bond acceptors (Lipinski definition) is 4. The molecule has 2 fully saturated rings. The topological polar surface area (TPSA) is 27.7 Å². The van der Waals surface area contributed by atoms with Gasteiger partial charge in [-0.25, -0.2) is 0 Å². The van der Waals surface area contributed by atoms with Gasteiger partial charge in [-0.15, -0.1) is 0 Å². The molecule has 0 aromatic rings. The summed E-state index contributed by atoms with van der Waals surface area (Å²) in [5.41, 5.74) is 0.346. The summed E-state index contributed by atoms with van der Waals surface area (Å²) in [6, 6.07) is 0.564. The molecule has 19 heavy (non-hydrogen) atoms. The first-order valence-electron chi connectivity index (χ1n) is 7.89. The van der Waals surface area contributed by atoms with Gasteiger partial charge in [-0.2, -0.15) is 0 Å². The van der Waals surface area contributed by atoms with Gasteiger partial charge in [0.2, 0.25) is 0 Å². The quantitative estimate of drug-likeness (QED) is 0.779. The minimum absolute atomic E-state index is 0.346. The van der Waals surface area contributed by atoms with Crippen LogP contribution in [0.2, 0.25) is 0 Å². The second-order valence-electron chi connectivity index (χ2n) is 6.55. The van der Waals surface area contributed by atoms with Crippen molar-refractivity contribution < 1.29 is 4.74 Å². The van der Waals surface area contributed by atoms with Crippen molar-refractivity contribution in [3.05, 3.63) is 0 Å². The highest BCUT2D eigenvalue weighted by Gasteiger charge is 2.37. The Kier molecular flexibility index (Phi) is 5.63. The largest absolute Gasteiger partial charge is 0.381 e. The number of ether oxygens (including phenoxy) is 1. The van der Waals surface area contributed by atoms with E-state index in [0.29, 0.717) is 11.5 Å². The fraction of sp³-hybridized carbons (Fsp3) is 1.00. The van der Waals surface area contributed by atoms with Crippen LogP contribution in [0.5, 0.6) is 0 Å². The monoisotopic (exact) mass is 269 g/mol. The average molecular weight is 269 g/mol. The van der Waals surface area contributed by atoms with Crippen LogP contribution < -0.4 is 5.32 Å². The molecule has 0 aromatic heterocycles. The molecular formula is C15H31N3O. The van der Waals surface area contributed by atoms with Crippen LogP contribution in [0.4, 0.5) is 0 Å². The number of nitrogens with one attached hydrogen (secondary N) is 1. The van der Waals surface area contributed by atoms with Crippen molar-refractivity contribution in [2.24, 2.45) is 5.41 Å². The molecule has 0 aromatic carbocycles. The van der Waals surface area contributed by atoms with E-state index >= 15 is 0 Å². The lowest BCUT2D eigenvalue weighted by atomic mass is 9.86. The number of rotatable bonds is 6. The Hall–Kier alpha value is -0.160. The van der Waals surface area contributed by atoms with Crippen molar-refractivity contribution >= 4 is 0 Å². The molecule has 0 amide bonds. The van der Waals surface area contributed by atoms with Crippen LogP contribution in [-0.4, -0.2) is 74.9 Å². The molecule has 2 heterocycles. The van der Waals surface area contributed by atoms with E-state index in [1.807, 2.05) is 0 Å². The zero-order valence-corrected chi connectivity index (χ0v) is 13.0. The molecule has 112 valence electrons. The van der Waals surface area contributed by atoms with E-state index in [-0.39, 0.29) is 0 Å². The predicted octanol–water partition coefficient (Wildman–Crippen LogP) is 1.03. The fourth-order valence-electron chi connectivity index (χ4n) is 3.13. The number of nitrogens with zero attached hydrogens (tertiary/aromatic N) is 2. The van der Waals surface area contributed by atoms with Crippen molar-refractivity contribution in [1.29, 1.82) is 0 Å². The third-order valence-corrected chi connectivity index (χ3v) is 4.54. The highest BCUT2D eigenvalue weighted by Crippen LogP contribution is 2.29. The van der Waals surface area contributed by atoms with Gasteiger partial charge >= 0.3 is 0 Å². The molecular weight excluding hydrogens is 238 g/mol. The minimum atomic E-state index is 0.346. The molecule has 0 spiro atoms. The summed E-state index contributed by atoms with van der Waals surface area (Å²) >= 11 is 0. The summed E-state index contributed by atoms with van der Waals surface area (Å²) in [7, 11) is 0. The number of piperazine rings is 1. The van der Waals surface area contributed by atoms with Gasteiger partial charge in [0.15, 0.2) is 0 Å². The molecule has 2 saturated heterocycles. The van der Waals surface area contributed by atoms with Gasteiger partial charge in [-0.3, -0.25) is 0 Å². The van der Waals surface area contributed by atoms with Crippen LogP contribution in [0.15, 0.2) is 0 Å². The molecule has 1 atom stereocenters. The maximum Gasteiger partial charge on any atom is 0.0547 e. The molecule has 1 N–H and O–H groups in total. The zero-order valence-electron chi connectivity index (χ0n) is 13.0. The number of hydrogen-bond donors (Lipinski definition) is 1. The third-order valence-electron chi connectivity index (χ3n) is 4.54. The van der Waals surface area contributed by atoms with Gasteiger partial charge in [-0.1, -0.05) is 20.8 Å². The minimum Gasteiger partial charge on any atom is -0.381 e. The van der Waals surface area contributed by atoms with E-state index in [2.05, 4.69) is 35.9 Å². The van der Waals surface area contributed by atoms with Crippen LogP contribution in [0.25, 0.3) is 0 Å². The predicted molar refractivity (Wildman–Crippen MR) is 79.6 cm³/mol. The van der Waals surface area contributed by atoms with Crippen LogP contribution in [-0.2, 0) is 4.74 Å². The van der Waals surface area contributed by atoms with Crippen molar-refractivity contribution in [3.8, 4) is 0 Å². The highest BCUT2D eigenvalue weighted by atomic mass is 16.5. The molecule has 0 saturated carbocycles. The average Bonchev–Trinajstić information content (AvgIpc) is 2.86. The van der Waals surface area contributed by atoms with E-state index in [1.165, 1.54) is 45.7 Å². The van der Waals surface area contributed by atoms with Crippen LogP contribution >= 0.6 is 0 Å². The second kappa shape index (κ2) is 7.02. The summed E-state index contributed by atoms with van der Waals surface area (Å²) in [5.74, 6) is 0. The van der Waals surface area contributed by atoms with E-state index in [9.17, 15) is 0 Å². The molecule has 1 unspecified atom stereocenters. The van der Waals surface area contributed by atoms with E-state index < -0.39 is 0 Å². The molecule has 2 aliphatic rings. The summed E-state index contributed by atoms with van der Waals surface area (Å²) in [6.45, 7) is 17.0. The fourth-order valence-corrected chi connectivity index (χ4v) is 3.13. The van der Waals surface area contributed by atoms with Gasteiger partial charge < -0.3 is 19.9 Å². The Labute approximate surface area is 118 Å². The number of likely N-dealkylation sites (N-methyl/N-ethyl adjacent to an activating group) is 1. The van der Waals surface area contributed by atoms with E-state index in [4.69, 9.17) is 4.74 Å². The van der Waals surface area contributed by atoms with Gasteiger partial charge in [0.05, 0.1) is 6.61 Å². The lowest BCUT2D eigenvalue weighted by Crippen LogP contribution is -2.52. The SMILES string of the molecule is CCN1CCN(CC2(CNC(C)C)CCOC2)CC1. The lowest BCUT2D eigenvalue weighted by Gasteiger charge is -2.39. The van der Waals surface area contributed by atoms with Crippen molar-refractivity contribution in [2.45, 2.75) is 33.2 Å². The molecule has 0 radical (unpaired) electrons. The Morgan fingerprint density at radius 1 is 1.16 bits per heavy atom. The Morgan fingerprint density at radius 3 is 2.37 bits per heavy atom. The zero-order chi connectivity index (χ0) is 13.7. The first-order valence-corrected chi connectivity index (χ1v) is 7.89. The molecule has 0 aliphatic carbocycles. The van der Waals surface area contributed by atoms with Crippen molar-refractivity contribution in [3.63, 3.8) is 0 Å². The van der Waals surface area contributed by atoms with Gasteiger partial charge in [0, 0.05) is 57.3 Å². The maximum absolute atomic E-state index is 5.70. The third kappa shape index (κ3) is 4.42. The normalized spacial score (nSPS) is 30.3. The smallest absolute Gasteiger partial charge is 0.0547 e. The molecule has 2 rings (SSSR count). The van der Waals surface area contributed by atoms with Crippen LogP contribution in [0.3, 0.4) is 0 Å². The first kappa shape index (κ1) is 15.2. The van der Waals surface area contributed by atoms with E-state index in [1.54, 1.807) is 0 Å². The first-order chi connectivity index (χ1) is 9.13. The van der Waals surface area contributed by atoms with Gasteiger partial charge in [-0.05, 0) is 13.0 Å². The Morgan fingerprint density at radius 2 is 1.84 bits per heavy atom. The summed E-state index contributed by atoms with van der Waals surface area (Å²) < 4.78 is 5.70. The van der Waals surface area contributed by atoms with Gasteiger partial charge in [0.25, 0.3) is 0 Å². The lowest BCUT2D eigenvalue weighted by molar-refractivity contribution is 0.0720. The maximum atomic E-state index is 5.70. The van der Waals surface area contributed by atoms with E-state index in [0.717, 1.165) is 19.8 Å². The molecule has 0 bridgehead atoms. The van der Waals surface area contributed by atoms with Gasteiger partial charge in [0.1, 0.15) is 0 Å². The standard InChI is InChI=1S/C15H31N3O/c1-4-17-6-8-18(9-7-17)12-15(5-10-19-13-15)11-16-14(2)3/h14,16H,4-13H2,1-3H3. The Balaban J connectivity index is 1.83. The van der Waals surface area contributed by atoms with Crippen molar-refractivity contribution in [1.82, 2.24) is 15.1 Å². The summed E-state index contributed by atoms with van der Waals surface area (Å²) in [6.07, 6.45) is 1.21. The summed E-state index contributed by atoms with van der Waals surface area (Å²) in [5, 5.41) is 3.62. The van der Waals surface area contributed by atoms with Crippen LogP contribution in [0, 0.1) is 5.41 Å². The molecule has 2 aliphatic heterocycles. The summed E-state index contributed by atoms with van der Waals surface area (Å²) in [4.78, 5) is 5.18. The second-order valence-corrected chi connectivity index (χ2v) is 6.55. The van der Waals surface area contributed by atoms with Crippen molar-refractivity contribution in [2.75, 3.05) is 59.0 Å². The molecule has 4 nitrogen and oxygen atoms in total. The van der Waals surface area contributed by atoms with Crippen LogP contribution in [0.1, 0.15) is 27.2 Å². The molecule has 4 heteroatoms. The highest BCUT2D eigenvalue weighted by molar-refractivity contribution is 4.90. The Bertz CT molecular complexity index is 256.